The molecule has 1 aromatic rings. The van der Waals surface area contributed by atoms with Gasteiger partial charge in [0, 0.05) is 6.26 Å². The van der Waals surface area contributed by atoms with Gasteiger partial charge in [-0.3, -0.25) is 9.52 Å². The molecule has 0 saturated heterocycles. The standard InChI is InChI=1S/C14H21NO5S2/c1-5-10(2)22(19,20)15-14(16)11(3)12-6-8-13(9-7-12)21(4,17)18/h6-11H,5H2,1-4H3,(H,15,16). The number of hydrogen-bond acceptors (Lipinski definition) is 5. The summed E-state index contributed by atoms with van der Waals surface area (Å²) in [5.41, 5.74) is 0.546. The lowest BCUT2D eigenvalue weighted by molar-refractivity contribution is -0.120. The number of amides is 1. The van der Waals surface area contributed by atoms with Gasteiger partial charge in [-0.15, -0.1) is 0 Å². The Morgan fingerprint density at radius 2 is 1.59 bits per heavy atom. The average molecular weight is 347 g/mol. The number of sulfone groups is 1. The lowest BCUT2D eigenvalue weighted by Gasteiger charge is -2.16. The summed E-state index contributed by atoms with van der Waals surface area (Å²) in [5, 5.41) is -0.656. The summed E-state index contributed by atoms with van der Waals surface area (Å²) in [6, 6.07) is 5.82. The summed E-state index contributed by atoms with van der Waals surface area (Å²) < 4.78 is 48.6. The normalized spacial score (nSPS) is 15.1. The molecule has 1 aromatic carbocycles. The van der Waals surface area contributed by atoms with Gasteiger partial charge in [-0.25, -0.2) is 16.8 Å². The first kappa shape index (κ1) is 18.6. The number of carbonyl (C=O) groups is 1. The van der Waals surface area contributed by atoms with E-state index in [4.69, 9.17) is 0 Å². The average Bonchev–Trinajstić information content (AvgIpc) is 2.44. The van der Waals surface area contributed by atoms with Gasteiger partial charge in [-0.2, -0.15) is 0 Å². The molecule has 8 heteroatoms. The predicted octanol–water partition coefficient (Wildman–Crippen LogP) is 1.44. The molecule has 0 fully saturated rings. The first-order chi connectivity index (χ1) is 9.99. The van der Waals surface area contributed by atoms with Crippen LogP contribution in [0.25, 0.3) is 0 Å². The van der Waals surface area contributed by atoms with Crippen LogP contribution in [0.15, 0.2) is 29.2 Å². The van der Waals surface area contributed by atoms with Crippen molar-refractivity contribution in [1.82, 2.24) is 4.72 Å². The van der Waals surface area contributed by atoms with E-state index in [1.54, 1.807) is 13.8 Å². The van der Waals surface area contributed by atoms with Crippen molar-refractivity contribution in [3.8, 4) is 0 Å². The second kappa shape index (κ2) is 6.78. The molecule has 0 bridgehead atoms. The van der Waals surface area contributed by atoms with E-state index in [0.717, 1.165) is 6.26 Å². The van der Waals surface area contributed by atoms with Gasteiger partial charge < -0.3 is 0 Å². The number of hydrogen-bond donors (Lipinski definition) is 1. The Balaban J connectivity index is 2.92. The Labute approximate surface area is 131 Å². The number of benzene rings is 1. The Morgan fingerprint density at radius 3 is 2.00 bits per heavy atom. The molecule has 0 aliphatic heterocycles. The molecule has 1 rings (SSSR count). The molecular weight excluding hydrogens is 326 g/mol. The molecular formula is C14H21NO5S2. The van der Waals surface area contributed by atoms with Crippen LogP contribution in [0.2, 0.25) is 0 Å². The fourth-order valence-corrected chi connectivity index (χ4v) is 3.43. The highest BCUT2D eigenvalue weighted by Gasteiger charge is 2.25. The minimum atomic E-state index is -3.69. The van der Waals surface area contributed by atoms with Crippen molar-refractivity contribution >= 4 is 25.8 Å². The van der Waals surface area contributed by atoms with E-state index in [1.807, 2.05) is 0 Å². The minimum absolute atomic E-state index is 0.149. The van der Waals surface area contributed by atoms with Crippen molar-refractivity contribution in [2.24, 2.45) is 0 Å². The monoisotopic (exact) mass is 347 g/mol. The SMILES string of the molecule is CCC(C)S(=O)(=O)NC(=O)C(C)c1ccc(S(C)(=O)=O)cc1. The van der Waals surface area contributed by atoms with Gasteiger partial charge in [0.05, 0.1) is 16.1 Å². The van der Waals surface area contributed by atoms with Gasteiger partial charge in [-0.05, 0) is 38.0 Å². The summed E-state index contributed by atoms with van der Waals surface area (Å²) in [5.74, 6) is -1.33. The fourth-order valence-electron chi connectivity index (χ4n) is 1.70. The van der Waals surface area contributed by atoms with E-state index >= 15 is 0 Å². The van der Waals surface area contributed by atoms with Crippen molar-refractivity contribution in [2.75, 3.05) is 6.26 Å². The molecule has 0 heterocycles. The van der Waals surface area contributed by atoms with E-state index in [2.05, 4.69) is 4.72 Å². The van der Waals surface area contributed by atoms with Crippen LogP contribution in [0, 0.1) is 0 Å². The predicted molar refractivity (Wildman–Crippen MR) is 84.8 cm³/mol. The molecule has 0 saturated carbocycles. The van der Waals surface area contributed by atoms with E-state index in [0.29, 0.717) is 12.0 Å². The van der Waals surface area contributed by atoms with Crippen molar-refractivity contribution in [3.05, 3.63) is 29.8 Å². The summed E-state index contributed by atoms with van der Waals surface area (Å²) in [4.78, 5) is 12.2. The first-order valence-electron chi connectivity index (χ1n) is 6.84. The van der Waals surface area contributed by atoms with Crippen molar-refractivity contribution in [1.29, 1.82) is 0 Å². The maximum absolute atomic E-state index is 12.1. The summed E-state index contributed by atoms with van der Waals surface area (Å²) in [6.45, 7) is 4.82. The number of nitrogens with one attached hydrogen (secondary N) is 1. The summed E-state index contributed by atoms with van der Waals surface area (Å²) >= 11 is 0. The molecule has 1 amide bonds. The van der Waals surface area contributed by atoms with Crippen molar-refractivity contribution in [3.63, 3.8) is 0 Å². The Bertz CT molecular complexity index is 736. The maximum atomic E-state index is 12.1. The molecule has 2 atom stereocenters. The van der Waals surface area contributed by atoms with E-state index in [9.17, 15) is 21.6 Å². The first-order valence-corrected chi connectivity index (χ1v) is 10.3. The molecule has 0 radical (unpaired) electrons. The zero-order chi connectivity index (χ0) is 17.1. The number of sulfonamides is 1. The highest BCUT2D eigenvalue weighted by atomic mass is 32.2. The van der Waals surface area contributed by atoms with Gasteiger partial charge >= 0.3 is 0 Å². The van der Waals surface area contributed by atoms with E-state index in [1.165, 1.54) is 31.2 Å². The maximum Gasteiger partial charge on any atom is 0.240 e. The molecule has 22 heavy (non-hydrogen) atoms. The molecule has 2 unspecified atom stereocenters. The third kappa shape index (κ3) is 4.54. The fraction of sp³-hybridized carbons (Fsp3) is 0.500. The van der Waals surface area contributed by atoms with Crippen LogP contribution >= 0.6 is 0 Å². The van der Waals surface area contributed by atoms with Crippen LogP contribution in [0.5, 0.6) is 0 Å². The quantitative estimate of drug-likeness (QED) is 0.840. The highest BCUT2D eigenvalue weighted by Crippen LogP contribution is 2.19. The van der Waals surface area contributed by atoms with Crippen molar-refractivity contribution < 1.29 is 21.6 Å². The van der Waals surface area contributed by atoms with Gasteiger partial charge in [0.2, 0.25) is 15.9 Å². The topological polar surface area (TPSA) is 97.4 Å². The van der Waals surface area contributed by atoms with Gasteiger partial charge in [0.1, 0.15) is 0 Å². The minimum Gasteiger partial charge on any atom is -0.273 e. The summed E-state index contributed by atoms with van der Waals surface area (Å²) in [7, 11) is -6.99. The molecule has 0 aliphatic carbocycles. The molecule has 0 aliphatic rings. The van der Waals surface area contributed by atoms with E-state index in [-0.39, 0.29) is 4.90 Å². The lowest BCUT2D eigenvalue weighted by atomic mass is 10.0. The Kier molecular flexibility index (Phi) is 5.75. The molecule has 1 N–H and O–H groups in total. The number of carbonyl (C=O) groups excluding carboxylic acids is 1. The second-order valence-corrected chi connectivity index (χ2v) is 9.41. The van der Waals surface area contributed by atoms with Crippen LogP contribution < -0.4 is 4.72 Å². The van der Waals surface area contributed by atoms with Crippen LogP contribution in [0.4, 0.5) is 0 Å². The molecule has 6 nitrogen and oxygen atoms in total. The zero-order valence-electron chi connectivity index (χ0n) is 13.0. The molecule has 0 aromatic heterocycles. The van der Waals surface area contributed by atoms with E-state index < -0.39 is 36.9 Å². The largest absolute Gasteiger partial charge is 0.273 e. The summed E-state index contributed by atoms with van der Waals surface area (Å²) in [6.07, 6.45) is 1.50. The second-order valence-electron chi connectivity index (χ2n) is 5.29. The van der Waals surface area contributed by atoms with Crippen LogP contribution in [-0.2, 0) is 24.7 Å². The molecule has 0 spiro atoms. The smallest absolute Gasteiger partial charge is 0.240 e. The Hall–Kier alpha value is -1.41. The highest BCUT2D eigenvalue weighted by molar-refractivity contribution is 7.91. The van der Waals surface area contributed by atoms with Crippen LogP contribution in [0.1, 0.15) is 38.7 Å². The zero-order valence-corrected chi connectivity index (χ0v) is 14.7. The third-order valence-electron chi connectivity index (χ3n) is 3.55. The van der Waals surface area contributed by atoms with Crippen molar-refractivity contribution in [2.45, 2.75) is 43.3 Å². The van der Waals surface area contributed by atoms with Crippen LogP contribution in [-0.4, -0.2) is 34.2 Å². The Morgan fingerprint density at radius 1 is 1.09 bits per heavy atom. The van der Waals surface area contributed by atoms with Gasteiger partial charge in [-0.1, -0.05) is 19.1 Å². The third-order valence-corrected chi connectivity index (χ3v) is 6.56. The number of rotatable bonds is 6. The van der Waals surface area contributed by atoms with Gasteiger partial charge in [0.15, 0.2) is 9.84 Å². The van der Waals surface area contributed by atoms with Crippen LogP contribution in [0.3, 0.4) is 0 Å². The lowest BCUT2D eigenvalue weighted by Crippen LogP contribution is -2.38. The van der Waals surface area contributed by atoms with Gasteiger partial charge in [0.25, 0.3) is 0 Å². The molecule has 124 valence electrons.